The van der Waals surface area contributed by atoms with Gasteiger partial charge in [0.05, 0.1) is 11.7 Å². The summed E-state index contributed by atoms with van der Waals surface area (Å²) in [5, 5.41) is 14.2. The van der Waals surface area contributed by atoms with E-state index in [0.29, 0.717) is 29.3 Å². The number of fused-ring (bicyclic) bond motifs is 1. The van der Waals surface area contributed by atoms with Crippen LogP contribution in [0.2, 0.25) is 0 Å². The van der Waals surface area contributed by atoms with E-state index in [9.17, 15) is 14.7 Å². The normalized spacial score (nSPS) is 27.1. The number of imidazole rings is 1. The van der Waals surface area contributed by atoms with Crippen molar-refractivity contribution < 1.29 is 9.90 Å². The number of nitrogens with zero attached hydrogens (tertiary/aromatic N) is 2. The van der Waals surface area contributed by atoms with Gasteiger partial charge in [-0.25, -0.2) is 4.98 Å². The number of H-pyrrole nitrogens is 1. The summed E-state index contributed by atoms with van der Waals surface area (Å²) in [7, 11) is 0. The Labute approximate surface area is 205 Å². The van der Waals surface area contributed by atoms with Gasteiger partial charge in [-0.15, -0.1) is 0 Å². The summed E-state index contributed by atoms with van der Waals surface area (Å²) in [6, 6.07) is 7.18. The second kappa shape index (κ2) is 8.25. The molecule has 3 aromatic rings. The Bertz CT molecular complexity index is 1320. The van der Waals surface area contributed by atoms with E-state index < -0.39 is 11.5 Å². The third-order valence-corrected chi connectivity index (χ3v) is 8.72. The van der Waals surface area contributed by atoms with Crippen molar-refractivity contribution in [1.82, 2.24) is 14.5 Å². The number of aromatic amines is 1. The van der Waals surface area contributed by atoms with Crippen LogP contribution >= 0.6 is 0 Å². The van der Waals surface area contributed by atoms with Crippen LogP contribution in [0.3, 0.4) is 0 Å². The van der Waals surface area contributed by atoms with Crippen LogP contribution in [0.15, 0.2) is 35.3 Å². The molecule has 4 aliphatic carbocycles. The van der Waals surface area contributed by atoms with Gasteiger partial charge >= 0.3 is 0 Å². The fourth-order valence-electron chi connectivity index (χ4n) is 7.47. The van der Waals surface area contributed by atoms with Crippen LogP contribution in [0.25, 0.3) is 10.9 Å². The number of para-hydroxylation sites is 1. The molecule has 0 aliphatic heterocycles. The summed E-state index contributed by atoms with van der Waals surface area (Å²) < 4.78 is 1.60. The molecule has 7 nitrogen and oxygen atoms in total. The van der Waals surface area contributed by atoms with Crippen molar-refractivity contribution in [2.45, 2.75) is 70.8 Å². The number of rotatable bonds is 6. The molecule has 2 heterocycles. The van der Waals surface area contributed by atoms with E-state index in [1.807, 2.05) is 18.3 Å². The summed E-state index contributed by atoms with van der Waals surface area (Å²) >= 11 is 0. The number of aromatic nitrogens is 3. The molecule has 0 unspecified atom stereocenters. The van der Waals surface area contributed by atoms with Gasteiger partial charge in [-0.1, -0.05) is 26.0 Å². The summed E-state index contributed by atoms with van der Waals surface area (Å²) in [5.41, 5.74) is 1.16. The first-order chi connectivity index (χ1) is 16.8. The molecule has 7 rings (SSSR count). The highest BCUT2D eigenvalue weighted by atomic mass is 16.3. The van der Waals surface area contributed by atoms with Crippen molar-refractivity contribution >= 4 is 22.8 Å². The molecule has 2 aromatic heterocycles. The first-order valence-corrected chi connectivity index (χ1v) is 13.0. The van der Waals surface area contributed by atoms with Gasteiger partial charge in [0.15, 0.2) is 0 Å². The summed E-state index contributed by atoms with van der Waals surface area (Å²) in [5.74, 6) is 2.24. The average Bonchev–Trinajstić information content (AvgIpc) is 3.27. The Morgan fingerprint density at radius 2 is 1.83 bits per heavy atom. The monoisotopic (exact) mass is 474 g/mol. The molecule has 0 spiro atoms. The van der Waals surface area contributed by atoms with Crippen molar-refractivity contribution in [2.75, 3.05) is 5.32 Å². The number of aryl methyl sites for hydroxylation is 1. The maximum atomic E-state index is 13.4. The standard InChI is InChI=1S/C28H34N4O3/c1-16(2)7-8-32-21-6-4-3-5-20(21)24(33)23(26(32)35)25(34)31-27-29-15-22(30-27)28-12-17-9-18(13-28)11-19(10-17)14-28/h3-6,15-19,33H,7-14H2,1-2H3,(H2,29,30,31,34). The van der Waals surface area contributed by atoms with Gasteiger partial charge in [-0.05, 0) is 80.8 Å². The first kappa shape index (κ1) is 22.4. The van der Waals surface area contributed by atoms with Crippen LogP contribution in [-0.2, 0) is 12.0 Å². The van der Waals surface area contributed by atoms with Crippen molar-refractivity contribution in [2.24, 2.45) is 23.7 Å². The second-order valence-electron chi connectivity index (χ2n) is 11.7. The van der Waals surface area contributed by atoms with E-state index in [2.05, 4.69) is 29.1 Å². The third kappa shape index (κ3) is 3.76. The molecular weight excluding hydrogens is 440 g/mol. The number of amides is 1. The van der Waals surface area contributed by atoms with E-state index in [1.165, 1.54) is 38.5 Å². The number of pyridine rings is 1. The maximum absolute atomic E-state index is 13.4. The van der Waals surface area contributed by atoms with Crippen LogP contribution < -0.4 is 10.9 Å². The molecule has 0 saturated heterocycles. The number of carbonyl (C=O) groups excluding carboxylic acids is 1. The Kier molecular flexibility index (Phi) is 5.27. The molecule has 4 bridgehead atoms. The molecule has 0 atom stereocenters. The number of nitrogens with one attached hydrogen (secondary N) is 2. The number of carbonyl (C=O) groups is 1. The fourth-order valence-corrected chi connectivity index (χ4v) is 7.47. The molecular formula is C28H34N4O3. The molecule has 4 fully saturated rings. The first-order valence-electron chi connectivity index (χ1n) is 13.0. The molecule has 4 aliphatic rings. The minimum atomic E-state index is -0.636. The zero-order chi connectivity index (χ0) is 24.3. The SMILES string of the molecule is CC(C)CCn1c(=O)c(C(=O)Nc2ncc(C34CC5CC(CC(C5)C3)C4)[nH]2)c(O)c2ccccc21. The van der Waals surface area contributed by atoms with Crippen molar-refractivity contribution in [3.8, 4) is 5.75 Å². The zero-order valence-corrected chi connectivity index (χ0v) is 20.5. The minimum Gasteiger partial charge on any atom is -0.506 e. The van der Waals surface area contributed by atoms with Crippen LogP contribution in [-0.4, -0.2) is 25.5 Å². The number of hydrogen-bond acceptors (Lipinski definition) is 4. The Morgan fingerprint density at radius 3 is 2.49 bits per heavy atom. The number of hydrogen-bond donors (Lipinski definition) is 3. The van der Waals surface area contributed by atoms with Crippen molar-refractivity contribution in [3.63, 3.8) is 0 Å². The van der Waals surface area contributed by atoms with Gasteiger partial charge in [0.2, 0.25) is 5.95 Å². The highest BCUT2D eigenvalue weighted by Gasteiger charge is 2.52. The number of anilines is 1. The van der Waals surface area contributed by atoms with Crippen LogP contribution in [0.4, 0.5) is 5.95 Å². The maximum Gasteiger partial charge on any atom is 0.267 e. The molecule has 1 amide bonds. The van der Waals surface area contributed by atoms with Crippen LogP contribution in [0.1, 0.15) is 74.8 Å². The van der Waals surface area contributed by atoms with E-state index in [-0.39, 0.29) is 16.7 Å². The molecule has 184 valence electrons. The van der Waals surface area contributed by atoms with Crippen molar-refractivity contribution in [3.05, 3.63) is 52.1 Å². The lowest BCUT2D eigenvalue weighted by molar-refractivity contribution is -0.00698. The van der Waals surface area contributed by atoms with E-state index >= 15 is 0 Å². The summed E-state index contributed by atoms with van der Waals surface area (Å²) in [4.78, 5) is 34.5. The number of benzene rings is 1. The van der Waals surface area contributed by atoms with E-state index in [4.69, 9.17) is 0 Å². The predicted octanol–water partition coefficient (Wildman–Crippen LogP) is 5.20. The van der Waals surface area contributed by atoms with Crippen LogP contribution in [0.5, 0.6) is 5.75 Å². The summed E-state index contributed by atoms with van der Waals surface area (Å²) in [6.45, 7) is 4.67. The molecule has 4 saturated carbocycles. The molecule has 0 radical (unpaired) electrons. The lowest BCUT2D eigenvalue weighted by Crippen LogP contribution is -2.48. The molecule has 1 aromatic carbocycles. The fraction of sp³-hybridized carbons (Fsp3) is 0.536. The van der Waals surface area contributed by atoms with Crippen LogP contribution in [0, 0.1) is 23.7 Å². The number of aromatic hydroxyl groups is 1. The van der Waals surface area contributed by atoms with Gasteiger partial charge in [0.25, 0.3) is 11.5 Å². The Morgan fingerprint density at radius 1 is 1.17 bits per heavy atom. The molecule has 3 N–H and O–H groups in total. The van der Waals surface area contributed by atoms with Gasteiger partial charge in [0, 0.05) is 23.0 Å². The minimum absolute atomic E-state index is 0.138. The topological polar surface area (TPSA) is 100 Å². The predicted molar refractivity (Wildman–Crippen MR) is 136 cm³/mol. The molecule has 7 heteroatoms. The van der Waals surface area contributed by atoms with Crippen molar-refractivity contribution in [1.29, 1.82) is 0 Å². The van der Waals surface area contributed by atoms with Gasteiger partial charge in [0.1, 0.15) is 11.3 Å². The van der Waals surface area contributed by atoms with E-state index in [0.717, 1.165) is 29.9 Å². The Hall–Kier alpha value is -3.09. The summed E-state index contributed by atoms with van der Waals surface area (Å²) in [6.07, 6.45) is 10.3. The van der Waals surface area contributed by atoms with E-state index in [1.54, 1.807) is 16.7 Å². The lowest BCUT2D eigenvalue weighted by Gasteiger charge is -2.56. The highest BCUT2D eigenvalue weighted by molar-refractivity contribution is 6.08. The van der Waals surface area contributed by atoms with Gasteiger partial charge < -0.3 is 14.7 Å². The second-order valence-corrected chi connectivity index (χ2v) is 11.7. The van der Waals surface area contributed by atoms with Gasteiger partial charge in [-0.3, -0.25) is 14.9 Å². The Balaban J connectivity index is 1.31. The lowest BCUT2D eigenvalue weighted by atomic mass is 9.49. The smallest absolute Gasteiger partial charge is 0.267 e. The average molecular weight is 475 g/mol. The third-order valence-electron chi connectivity index (χ3n) is 8.72. The largest absolute Gasteiger partial charge is 0.506 e. The zero-order valence-electron chi connectivity index (χ0n) is 20.5. The molecule has 35 heavy (non-hydrogen) atoms. The highest BCUT2D eigenvalue weighted by Crippen LogP contribution is 2.60. The quantitative estimate of drug-likeness (QED) is 0.457. The van der Waals surface area contributed by atoms with Gasteiger partial charge in [-0.2, -0.15) is 0 Å².